The molecule has 1 amide bonds. The van der Waals surface area contributed by atoms with E-state index in [1.807, 2.05) is 73.7 Å². The minimum Gasteiger partial charge on any atom is -0.450 e. The van der Waals surface area contributed by atoms with Gasteiger partial charge in [-0.2, -0.15) is 0 Å². The van der Waals surface area contributed by atoms with Crippen LogP contribution in [0.4, 0.5) is 5.69 Å². The third kappa shape index (κ3) is 4.53. The standard InChI is InChI=1S/C21H16N2O2S2/c1-14-7-9-15(10-8-14)22-21-23-20(24)18(27-21)13-16-11-12-19(25-16)26-17-5-3-2-4-6-17/h2-13H,1H3,(H,22,23,24)/b18-13-. The number of rotatable bonds is 4. The largest absolute Gasteiger partial charge is 0.450 e. The maximum Gasteiger partial charge on any atom is 0.264 e. The molecular weight excluding hydrogens is 376 g/mol. The molecule has 134 valence electrons. The molecule has 1 aliphatic rings. The SMILES string of the molecule is Cc1ccc(N=C2NC(=O)/C(=C/c3ccc(Sc4ccccc4)o3)S2)cc1. The van der Waals surface area contributed by atoms with Gasteiger partial charge in [-0.25, -0.2) is 4.99 Å². The lowest BCUT2D eigenvalue weighted by Gasteiger charge is -1.97. The Kier molecular flexibility index (Phi) is 5.18. The third-order valence-corrected chi connectivity index (χ3v) is 5.59. The Morgan fingerprint density at radius 3 is 2.59 bits per heavy atom. The van der Waals surface area contributed by atoms with E-state index >= 15 is 0 Å². The molecule has 0 radical (unpaired) electrons. The Hall–Kier alpha value is -2.70. The Morgan fingerprint density at radius 2 is 1.81 bits per heavy atom. The molecule has 4 nitrogen and oxygen atoms in total. The van der Waals surface area contributed by atoms with Crippen molar-refractivity contribution in [3.05, 3.63) is 83.0 Å². The fourth-order valence-electron chi connectivity index (χ4n) is 2.42. The number of carbonyl (C=O) groups is 1. The molecule has 0 bridgehead atoms. The van der Waals surface area contributed by atoms with Crippen molar-refractivity contribution in [2.24, 2.45) is 4.99 Å². The fourth-order valence-corrected chi connectivity index (χ4v) is 4.04. The van der Waals surface area contributed by atoms with Gasteiger partial charge in [0.15, 0.2) is 10.3 Å². The normalized spacial score (nSPS) is 16.9. The van der Waals surface area contributed by atoms with E-state index in [1.54, 1.807) is 17.8 Å². The summed E-state index contributed by atoms with van der Waals surface area (Å²) in [6.07, 6.45) is 1.74. The molecule has 0 unspecified atom stereocenters. The summed E-state index contributed by atoms with van der Waals surface area (Å²) in [5.74, 6) is 0.474. The lowest BCUT2D eigenvalue weighted by Crippen LogP contribution is -2.19. The van der Waals surface area contributed by atoms with E-state index in [4.69, 9.17) is 4.42 Å². The van der Waals surface area contributed by atoms with Gasteiger partial charge < -0.3 is 9.73 Å². The summed E-state index contributed by atoms with van der Waals surface area (Å²) in [5, 5.41) is 4.15. The Labute approximate surface area is 165 Å². The highest BCUT2D eigenvalue weighted by Crippen LogP contribution is 2.32. The van der Waals surface area contributed by atoms with E-state index in [2.05, 4.69) is 10.3 Å². The van der Waals surface area contributed by atoms with Crippen LogP contribution in [0.3, 0.4) is 0 Å². The molecule has 1 saturated heterocycles. The molecular formula is C21H16N2O2S2. The van der Waals surface area contributed by atoms with Crippen molar-refractivity contribution in [3.8, 4) is 0 Å². The van der Waals surface area contributed by atoms with Gasteiger partial charge >= 0.3 is 0 Å². The molecule has 6 heteroatoms. The molecule has 0 aliphatic carbocycles. The first-order valence-electron chi connectivity index (χ1n) is 8.35. The second-order valence-corrected chi connectivity index (χ2v) is 8.00. The van der Waals surface area contributed by atoms with Crippen LogP contribution >= 0.6 is 23.5 Å². The van der Waals surface area contributed by atoms with E-state index in [1.165, 1.54) is 17.3 Å². The zero-order chi connectivity index (χ0) is 18.6. The predicted octanol–water partition coefficient (Wildman–Crippen LogP) is 5.63. The van der Waals surface area contributed by atoms with Crippen molar-refractivity contribution in [2.45, 2.75) is 16.9 Å². The average Bonchev–Trinajstić information content (AvgIpc) is 3.24. The number of hydrogen-bond acceptors (Lipinski definition) is 5. The van der Waals surface area contributed by atoms with Crippen molar-refractivity contribution >= 4 is 46.4 Å². The number of hydrogen-bond donors (Lipinski definition) is 1. The van der Waals surface area contributed by atoms with Crippen molar-refractivity contribution < 1.29 is 9.21 Å². The van der Waals surface area contributed by atoms with Gasteiger partial charge in [0.05, 0.1) is 10.6 Å². The minimum absolute atomic E-state index is 0.167. The van der Waals surface area contributed by atoms with Gasteiger partial charge in [0.2, 0.25) is 0 Å². The molecule has 4 rings (SSSR count). The van der Waals surface area contributed by atoms with Gasteiger partial charge in [0.25, 0.3) is 5.91 Å². The Morgan fingerprint density at radius 1 is 1.04 bits per heavy atom. The third-order valence-electron chi connectivity index (χ3n) is 3.75. The number of carbonyl (C=O) groups excluding carboxylic acids is 1. The number of aliphatic imine (C=N–C) groups is 1. The first kappa shape index (κ1) is 17.7. The molecule has 3 aromatic rings. The summed E-state index contributed by atoms with van der Waals surface area (Å²) in [7, 11) is 0. The van der Waals surface area contributed by atoms with Crippen LogP contribution in [-0.2, 0) is 4.79 Å². The quantitative estimate of drug-likeness (QED) is 0.585. The topological polar surface area (TPSA) is 54.6 Å². The minimum atomic E-state index is -0.167. The molecule has 1 fully saturated rings. The monoisotopic (exact) mass is 392 g/mol. The number of nitrogens with one attached hydrogen (secondary N) is 1. The molecule has 0 atom stereocenters. The Bertz CT molecular complexity index is 1020. The van der Waals surface area contributed by atoms with E-state index in [-0.39, 0.29) is 5.91 Å². The molecule has 1 aromatic heterocycles. The van der Waals surface area contributed by atoms with Gasteiger partial charge in [0.1, 0.15) is 5.76 Å². The van der Waals surface area contributed by atoms with Gasteiger partial charge in [-0.1, -0.05) is 47.7 Å². The van der Waals surface area contributed by atoms with Crippen molar-refractivity contribution in [3.63, 3.8) is 0 Å². The van der Waals surface area contributed by atoms with Gasteiger partial charge in [-0.05, 0) is 55.1 Å². The molecule has 1 N–H and O–H groups in total. The van der Waals surface area contributed by atoms with Crippen LogP contribution in [0.5, 0.6) is 0 Å². The maximum absolute atomic E-state index is 12.2. The van der Waals surface area contributed by atoms with Gasteiger partial charge in [-0.3, -0.25) is 4.79 Å². The molecule has 2 aromatic carbocycles. The molecule has 0 saturated carbocycles. The van der Waals surface area contributed by atoms with E-state index in [0.717, 1.165) is 15.7 Å². The van der Waals surface area contributed by atoms with Crippen LogP contribution in [0.2, 0.25) is 0 Å². The average molecular weight is 393 g/mol. The van der Waals surface area contributed by atoms with E-state index in [9.17, 15) is 4.79 Å². The number of nitrogens with zero attached hydrogens (tertiary/aromatic N) is 1. The summed E-state index contributed by atoms with van der Waals surface area (Å²) >= 11 is 2.85. The highest BCUT2D eigenvalue weighted by molar-refractivity contribution is 8.18. The number of furan rings is 1. The highest BCUT2D eigenvalue weighted by Gasteiger charge is 2.24. The first-order chi connectivity index (χ1) is 13.2. The van der Waals surface area contributed by atoms with Crippen molar-refractivity contribution in [1.82, 2.24) is 5.32 Å². The summed E-state index contributed by atoms with van der Waals surface area (Å²) in [6, 6.07) is 21.6. The molecule has 2 heterocycles. The van der Waals surface area contributed by atoms with Crippen molar-refractivity contribution in [2.75, 3.05) is 0 Å². The first-order valence-corrected chi connectivity index (χ1v) is 9.98. The second-order valence-electron chi connectivity index (χ2n) is 5.89. The van der Waals surface area contributed by atoms with Crippen LogP contribution in [-0.4, -0.2) is 11.1 Å². The lowest BCUT2D eigenvalue weighted by molar-refractivity contribution is -0.115. The zero-order valence-corrected chi connectivity index (χ0v) is 16.1. The summed E-state index contributed by atoms with van der Waals surface area (Å²) in [6.45, 7) is 2.03. The number of amidine groups is 1. The van der Waals surface area contributed by atoms with Gasteiger partial charge in [-0.15, -0.1) is 0 Å². The summed E-state index contributed by atoms with van der Waals surface area (Å²) in [4.78, 5) is 18.3. The van der Waals surface area contributed by atoms with Crippen LogP contribution in [0.25, 0.3) is 6.08 Å². The summed E-state index contributed by atoms with van der Waals surface area (Å²) in [5.41, 5.74) is 1.98. The smallest absolute Gasteiger partial charge is 0.264 e. The number of amides is 1. The van der Waals surface area contributed by atoms with Crippen LogP contribution in [0, 0.1) is 6.92 Å². The molecule has 1 aliphatic heterocycles. The fraction of sp³-hybridized carbons (Fsp3) is 0.0476. The molecule has 27 heavy (non-hydrogen) atoms. The van der Waals surface area contributed by atoms with Crippen molar-refractivity contribution in [1.29, 1.82) is 0 Å². The lowest BCUT2D eigenvalue weighted by atomic mass is 10.2. The van der Waals surface area contributed by atoms with E-state index < -0.39 is 0 Å². The van der Waals surface area contributed by atoms with Gasteiger partial charge in [0, 0.05) is 11.0 Å². The molecule has 0 spiro atoms. The number of aryl methyl sites for hydroxylation is 1. The summed E-state index contributed by atoms with van der Waals surface area (Å²) < 4.78 is 5.82. The highest BCUT2D eigenvalue weighted by atomic mass is 32.2. The number of benzene rings is 2. The predicted molar refractivity (Wildman–Crippen MR) is 111 cm³/mol. The number of thioether (sulfide) groups is 1. The van der Waals surface area contributed by atoms with E-state index in [0.29, 0.717) is 15.8 Å². The van der Waals surface area contributed by atoms with Crippen LogP contribution in [0.1, 0.15) is 11.3 Å². The Balaban J connectivity index is 1.48. The van der Waals surface area contributed by atoms with Crippen LogP contribution < -0.4 is 5.32 Å². The zero-order valence-electron chi connectivity index (χ0n) is 14.5. The van der Waals surface area contributed by atoms with Crippen LogP contribution in [0.15, 0.2) is 91.0 Å². The maximum atomic E-state index is 12.2. The second kappa shape index (κ2) is 7.90.